The minimum Gasteiger partial charge on any atom is -0.422 e. The van der Waals surface area contributed by atoms with Gasteiger partial charge in [0.1, 0.15) is 0 Å². The summed E-state index contributed by atoms with van der Waals surface area (Å²) in [6.07, 6.45) is 3.24. The number of hydrogen-bond donors (Lipinski definition) is 1. The fourth-order valence-electron chi connectivity index (χ4n) is 1.60. The molecule has 6 heteroatoms. The van der Waals surface area contributed by atoms with Crippen LogP contribution in [0, 0.1) is 5.92 Å². The van der Waals surface area contributed by atoms with Crippen molar-refractivity contribution < 1.29 is 19.1 Å². The van der Waals surface area contributed by atoms with Crippen LogP contribution < -0.4 is 5.32 Å². The molecule has 1 aliphatic heterocycles. The second-order valence-electron chi connectivity index (χ2n) is 4.42. The number of cyclic esters (lactones) is 2. The van der Waals surface area contributed by atoms with E-state index in [0.29, 0.717) is 0 Å². The Balaban J connectivity index is 1.98. The second-order valence-corrected chi connectivity index (χ2v) is 4.42. The van der Waals surface area contributed by atoms with E-state index in [1.807, 2.05) is 0 Å². The maximum atomic E-state index is 11.7. The molecule has 1 fully saturated rings. The highest BCUT2D eigenvalue weighted by atomic mass is 16.7. The number of carbonyl (C=O) groups is 2. The summed E-state index contributed by atoms with van der Waals surface area (Å²) in [6, 6.07) is 3.54. The van der Waals surface area contributed by atoms with Gasteiger partial charge in [-0.05, 0) is 12.1 Å². The molecule has 1 aliphatic rings. The molecular formula is C12H14N2O4. The average molecular weight is 250 g/mol. The summed E-state index contributed by atoms with van der Waals surface area (Å²) in [5.41, 5.74) is 0.725. The van der Waals surface area contributed by atoms with Gasteiger partial charge in [-0.15, -0.1) is 0 Å². The van der Waals surface area contributed by atoms with Gasteiger partial charge >= 0.3 is 11.9 Å². The Bertz CT molecular complexity index is 438. The maximum Gasteiger partial charge on any atom is 0.325 e. The summed E-state index contributed by atoms with van der Waals surface area (Å²) in [7, 11) is 0. The lowest BCUT2D eigenvalue weighted by molar-refractivity contribution is -0.239. The van der Waals surface area contributed by atoms with Crippen LogP contribution in [0.3, 0.4) is 0 Å². The van der Waals surface area contributed by atoms with E-state index in [-0.39, 0.29) is 6.54 Å². The van der Waals surface area contributed by atoms with Crippen LogP contribution in [0.25, 0.3) is 0 Å². The Morgan fingerprint density at radius 3 is 2.56 bits per heavy atom. The first-order valence-electron chi connectivity index (χ1n) is 5.57. The molecule has 1 aromatic heterocycles. The van der Waals surface area contributed by atoms with Crippen LogP contribution in [-0.2, 0) is 19.1 Å². The molecule has 0 aromatic carbocycles. The summed E-state index contributed by atoms with van der Waals surface area (Å²) in [6.45, 7) is 3.17. The Labute approximate surface area is 104 Å². The SMILES string of the molecule is CC1(C)OC(=O)C(CNc2cccnc2)C(=O)O1. The van der Waals surface area contributed by atoms with Gasteiger partial charge in [0.2, 0.25) is 0 Å². The zero-order valence-electron chi connectivity index (χ0n) is 10.2. The van der Waals surface area contributed by atoms with Gasteiger partial charge in [-0.3, -0.25) is 14.6 Å². The normalized spacial score (nSPS) is 19.0. The van der Waals surface area contributed by atoms with Crippen molar-refractivity contribution in [2.24, 2.45) is 5.92 Å². The minimum absolute atomic E-state index is 0.124. The molecular weight excluding hydrogens is 236 g/mol. The molecule has 2 heterocycles. The molecule has 0 aliphatic carbocycles. The van der Waals surface area contributed by atoms with Crippen molar-refractivity contribution in [3.8, 4) is 0 Å². The maximum absolute atomic E-state index is 11.7. The van der Waals surface area contributed by atoms with Gasteiger partial charge in [0.25, 0.3) is 5.79 Å². The summed E-state index contributed by atoms with van der Waals surface area (Å²) >= 11 is 0. The third-order valence-electron chi connectivity index (χ3n) is 2.43. The molecule has 0 bridgehead atoms. The Morgan fingerprint density at radius 2 is 2.00 bits per heavy atom. The molecule has 0 amide bonds. The van der Waals surface area contributed by atoms with Crippen molar-refractivity contribution in [1.29, 1.82) is 0 Å². The first-order valence-corrected chi connectivity index (χ1v) is 5.57. The van der Waals surface area contributed by atoms with Crippen LogP contribution in [0.15, 0.2) is 24.5 Å². The van der Waals surface area contributed by atoms with Gasteiger partial charge in [0.15, 0.2) is 5.92 Å². The van der Waals surface area contributed by atoms with E-state index in [4.69, 9.17) is 9.47 Å². The van der Waals surface area contributed by atoms with E-state index < -0.39 is 23.6 Å². The van der Waals surface area contributed by atoms with E-state index in [1.54, 1.807) is 24.5 Å². The average Bonchev–Trinajstić information content (AvgIpc) is 2.27. The van der Waals surface area contributed by atoms with E-state index >= 15 is 0 Å². The lowest BCUT2D eigenvalue weighted by Gasteiger charge is -2.32. The lowest BCUT2D eigenvalue weighted by Crippen LogP contribution is -2.48. The number of nitrogens with zero attached hydrogens (tertiary/aromatic N) is 1. The predicted molar refractivity (Wildman–Crippen MR) is 62.5 cm³/mol. The first-order chi connectivity index (χ1) is 8.48. The molecule has 1 N–H and O–H groups in total. The van der Waals surface area contributed by atoms with E-state index in [9.17, 15) is 9.59 Å². The first kappa shape index (κ1) is 12.3. The highest BCUT2D eigenvalue weighted by Crippen LogP contribution is 2.23. The van der Waals surface area contributed by atoms with Crippen LogP contribution >= 0.6 is 0 Å². The number of esters is 2. The highest BCUT2D eigenvalue weighted by Gasteiger charge is 2.42. The smallest absolute Gasteiger partial charge is 0.325 e. The van der Waals surface area contributed by atoms with E-state index in [0.717, 1.165) is 5.69 Å². The molecule has 0 spiro atoms. The fraction of sp³-hybridized carbons (Fsp3) is 0.417. The van der Waals surface area contributed by atoms with Crippen LogP contribution in [0.2, 0.25) is 0 Å². The number of carbonyl (C=O) groups excluding carboxylic acids is 2. The Kier molecular flexibility index (Phi) is 3.18. The van der Waals surface area contributed by atoms with Gasteiger partial charge in [0, 0.05) is 32.8 Å². The van der Waals surface area contributed by atoms with E-state index in [2.05, 4.69) is 10.3 Å². The summed E-state index contributed by atoms with van der Waals surface area (Å²) in [5.74, 6) is -3.28. The van der Waals surface area contributed by atoms with Gasteiger partial charge in [-0.1, -0.05) is 0 Å². The number of pyridine rings is 1. The number of rotatable bonds is 3. The quantitative estimate of drug-likeness (QED) is 0.635. The van der Waals surface area contributed by atoms with Crippen molar-refractivity contribution >= 4 is 17.6 Å². The number of nitrogens with one attached hydrogen (secondary N) is 1. The molecule has 2 rings (SSSR count). The van der Waals surface area contributed by atoms with Gasteiger partial charge in [-0.2, -0.15) is 0 Å². The Hall–Kier alpha value is -2.11. The highest BCUT2D eigenvalue weighted by molar-refractivity contribution is 5.97. The molecule has 0 saturated carbocycles. The van der Waals surface area contributed by atoms with Crippen molar-refractivity contribution in [2.45, 2.75) is 19.6 Å². The van der Waals surface area contributed by atoms with Crippen molar-refractivity contribution in [1.82, 2.24) is 4.98 Å². The zero-order valence-corrected chi connectivity index (χ0v) is 10.2. The molecule has 96 valence electrons. The largest absolute Gasteiger partial charge is 0.422 e. The molecule has 1 saturated heterocycles. The van der Waals surface area contributed by atoms with Crippen LogP contribution in [0.1, 0.15) is 13.8 Å². The van der Waals surface area contributed by atoms with Crippen molar-refractivity contribution in [2.75, 3.05) is 11.9 Å². The second kappa shape index (κ2) is 4.64. The zero-order chi connectivity index (χ0) is 13.2. The molecule has 0 radical (unpaired) electrons. The molecule has 18 heavy (non-hydrogen) atoms. The molecule has 0 atom stereocenters. The minimum atomic E-state index is -1.18. The fourth-order valence-corrected chi connectivity index (χ4v) is 1.60. The van der Waals surface area contributed by atoms with Gasteiger partial charge < -0.3 is 14.8 Å². The topological polar surface area (TPSA) is 77.5 Å². The van der Waals surface area contributed by atoms with Crippen molar-refractivity contribution in [3.05, 3.63) is 24.5 Å². The predicted octanol–water partition coefficient (Wildman–Crippen LogP) is 0.946. The Morgan fingerprint density at radius 1 is 1.33 bits per heavy atom. The third-order valence-corrected chi connectivity index (χ3v) is 2.43. The standard InChI is InChI=1S/C12H14N2O4/c1-12(2)17-10(15)9(11(16)18-12)7-14-8-4-3-5-13-6-8/h3-6,9,14H,7H2,1-2H3. The number of aromatic nitrogens is 1. The number of hydrogen-bond acceptors (Lipinski definition) is 6. The van der Waals surface area contributed by atoms with E-state index in [1.165, 1.54) is 13.8 Å². The molecule has 0 unspecified atom stereocenters. The molecule has 6 nitrogen and oxygen atoms in total. The number of ether oxygens (including phenoxy) is 2. The van der Waals surface area contributed by atoms with Crippen molar-refractivity contribution in [3.63, 3.8) is 0 Å². The van der Waals surface area contributed by atoms with Gasteiger partial charge in [-0.25, -0.2) is 0 Å². The third kappa shape index (κ3) is 2.77. The summed E-state index contributed by atoms with van der Waals surface area (Å²) < 4.78 is 10.0. The summed E-state index contributed by atoms with van der Waals surface area (Å²) in [5, 5.41) is 2.94. The van der Waals surface area contributed by atoms with Crippen LogP contribution in [0.4, 0.5) is 5.69 Å². The number of anilines is 1. The molecule has 1 aromatic rings. The van der Waals surface area contributed by atoms with Crippen LogP contribution in [-0.4, -0.2) is 29.3 Å². The van der Waals surface area contributed by atoms with Crippen LogP contribution in [0.5, 0.6) is 0 Å². The summed E-state index contributed by atoms with van der Waals surface area (Å²) in [4.78, 5) is 27.2. The van der Waals surface area contributed by atoms with Gasteiger partial charge in [0.05, 0.1) is 5.69 Å². The lowest BCUT2D eigenvalue weighted by atomic mass is 10.1. The monoisotopic (exact) mass is 250 g/mol.